The Kier molecular flexibility index (Phi) is 3.51. The molecule has 0 amide bonds. The van der Waals surface area contributed by atoms with E-state index in [0.717, 1.165) is 28.2 Å². The van der Waals surface area contributed by atoms with E-state index >= 15 is 0 Å². The fourth-order valence-electron chi connectivity index (χ4n) is 2.55. The van der Waals surface area contributed by atoms with Gasteiger partial charge in [-0.1, -0.05) is 0 Å². The third-order valence-electron chi connectivity index (χ3n) is 3.53. The molecule has 2 heterocycles. The van der Waals surface area contributed by atoms with E-state index in [1.54, 1.807) is 18.4 Å². The van der Waals surface area contributed by atoms with Crippen LogP contribution in [0.2, 0.25) is 0 Å². The summed E-state index contributed by atoms with van der Waals surface area (Å²) in [5, 5.41) is 14.6. The molecule has 1 aliphatic rings. The van der Waals surface area contributed by atoms with E-state index in [1.165, 1.54) is 0 Å². The molecule has 1 unspecified atom stereocenters. The second kappa shape index (κ2) is 5.20. The Balaban J connectivity index is 2.09. The number of hydrogen-bond acceptors (Lipinski definition) is 4. The van der Waals surface area contributed by atoms with Crippen molar-refractivity contribution in [1.29, 1.82) is 0 Å². The van der Waals surface area contributed by atoms with E-state index in [-0.39, 0.29) is 0 Å². The van der Waals surface area contributed by atoms with Gasteiger partial charge in [-0.2, -0.15) is 11.3 Å². The Bertz CT molecular complexity index is 671. The number of ether oxygens (including phenoxy) is 2. The number of rotatable bonds is 3. The molecule has 3 nitrogen and oxygen atoms in total. The summed E-state index contributed by atoms with van der Waals surface area (Å²) in [6.07, 6.45) is 1.34. The van der Waals surface area contributed by atoms with Gasteiger partial charge < -0.3 is 14.6 Å². The molecule has 0 fully saturated rings. The van der Waals surface area contributed by atoms with Crippen LogP contribution in [0.3, 0.4) is 0 Å². The van der Waals surface area contributed by atoms with Crippen LogP contribution in [0.25, 0.3) is 5.57 Å². The number of thiophene rings is 1. The van der Waals surface area contributed by atoms with Crippen molar-refractivity contribution in [2.45, 2.75) is 25.6 Å². The molecule has 0 spiro atoms. The Hall–Kier alpha value is -1.78. The molecule has 2 aromatic rings. The third kappa shape index (κ3) is 2.69. The van der Waals surface area contributed by atoms with Crippen LogP contribution >= 0.6 is 11.3 Å². The van der Waals surface area contributed by atoms with Crippen LogP contribution in [-0.4, -0.2) is 17.8 Å². The van der Waals surface area contributed by atoms with Gasteiger partial charge in [0.1, 0.15) is 23.2 Å². The van der Waals surface area contributed by atoms with Crippen molar-refractivity contribution in [3.63, 3.8) is 0 Å². The first-order valence-electron chi connectivity index (χ1n) is 6.80. The fourth-order valence-corrected chi connectivity index (χ4v) is 3.23. The predicted octanol–water partition coefficient (Wildman–Crippen LogP) is 4.04. The second-order valence-corrected chi connectivity index (χ2v) is 6.41. The summed E-state index contributed by atoms with van der Waals surface area (Å²) in [7, 11) is 1.63. The summed E-state index contributed by atoms with van der Waals surface area (Å²) >= 11 is 1.58. The van der Waals surface area contributed by atoms with E-state index in [1.807, 2.05) is 54.9 Å². The van der Waals surface area contributed by atoms with Crippen LogP contribution in [0, 0.1) is 0 Å². The Labute approximate surface area is 128 Å². The van der Waals surface area contributed by atoms with Gasteiger partial charge >= 0.3 is 0 Å². The first kappa shape index (κ1) is 14.2. The molecule has 110 valence electrons. The number of hydrogen-bond donors (Lipinski definition) is 1. The molecule has 0 saturated carbocycles. The van der Waals surface area contributed by atoms with Crippen LogP contribution in [0.4, 0.5) is 0 Å². The van der Waals surface area contributed by atoms with Gasteiger partial charge in [-0.3, -0.25) is 0 Å². The van der Waals surface area contributed by atoms with Crippen LogP contribution in [0.1, 0.15) is 31.1 Å². The van der Waals surface area contributed by atoms with Gasteiger partial charge in [-0.05, 0) is 60.0 Å². The summed E-state index contributed by atoms with van der Waals surface area (Å²) < 4.78 is 11.3. The first-order valence-corrected chi connectivity index (χ1v) is 7.75. The lowest BCUT2D eigenvalue weighted by molar-refractivity contribution is 0.152. The second-order valence-electron chi connectivity index (χ2n) is 5.63. The lowest BCUT2D eigenvalue weighted by Gasteiger charge is -2.32. The minimum Gasteiger partial charge on any atom is -0.497 e. The molecule has 1 aromatic heterocycles. The summed E-state index contributed by atoms with van der Waals surface area (Å²) in [6.45, 7) is 3.96. The van der Waals surface area contributed by atoms with Gasteiger partial charge in [0.15, 0.2) is 0 Å². The average Bonchev–Trinajstić information content (AvgIpc) is 2.98. The van der Waals surface area contributed by atoms with Crippen molar-refractivity contribution in [2.75, 3.05) is 7.11 Å². The quantitative estimate of drug-likeness (QED) is 0.930. The SMILES string of the molecule is COc1ccc2c(c1)OC(C)(C)C=C2C(O)c1ccsc1. The topological polar surface area (TPSA) is 38.7 Å². The molecule has 0 radical (unpaired) electrons. The molecule has 4 heteroatoms. The largest absolute Gasteiger partial charge is 0.497 e. The standard InChI is InChI=1S/C17H18O3S/c1-17(2)9-14(16(18)11-6-7-21-10-11)13-5-4-12(19-3)8-15(13)20-17/h4-10,16,18H,1-3H3. The summed E-state index contributed by atoms with van der Waals surface area (Å²) in [5.74, 6) is 1.49. The van der Waals surface area contributed by atoms with Crippen molar-refractivity contribution in [3.05, 3.63) is 52.2 Å². The number of fused-ring (bicyclic) bond motifs is 1. The van der Waals surface area contributed by atoms with Crippen LogP contribution < -0.4 is 9.47 Å². The van der Waals surface area contributed by atoms with E-state index < -0.39 is 11.7 Å². The lowest BCUT2D eigenvalue weighted by Crippen LogP contribution is -2.30. The average molecular weight is 302 g/mol. The zero-order valence-corrected chi connectivity index (χ0v) is 13.1. The van der Waals surface area contributed by atoms with Crippen molar-refractivity contribution < 1.29 is 14.6 Å². The van der Waals surface area contributed by atoms with Crippen LogP contribution in [-0.2, 0) is 0 Å². The van der Waals surface area contributed by atoms with Crippen LogP contribution in [0.5, 0.6) is 11.5 Å². The number of benzene rings is 1. The molecule has 0 saturated heterocycles. The highest BCUT2D eigenvalue weighted by atomic mass is 32.1. The Morgan fingerprint density at radius 3 is 2.76 bits per heavy atom. The van der Waals surface area contributed by atoms with Gasteiger partial charge in [-0.25, -0.2) is 0 Å². The van der Waals surface area contributed by atoms with E-state index in [0.29, 0.717) is 0 Å². The highest BCUT2D eigenvalue weighted by molar-refractivity contribution is 7.08. The molecule has 3 rings (SSSR count). The zero-order chi connectivity index (χ0) is 15.0. The zero-order valence-electron chi connectivity index (χ0n) is 12.3. The minimum absolute atomic E-state index is 0.467. The van der Waals surface area contributed by atoms with E-state index in [2.05, 4.69) is 0 Å². The van der Waals surface area contributed by atoms with Gasteiger partial charge in [-0.15, -0.1) is 0 Å². The number of aliphatic hydroxyl groups excluding tert-OH is 1. The van der Waals surface area contributed by atoms with Gasteiger partial charge in [0.2, 0.25) is 0 Å². The van der Waals surface area contributed by atoms with Crippen molar-refractivity contribution in [1.82, 2.24) is 0 Å². The summed E-state index contributed by atoms with van der Waals surface area (Å²) in [5.41, 5.74) is 2.23. The minimum atomic E-state index is -0.647. The number of aliphatic hydroxyl groups is 1. The molecule has 21 heavy (non-hydrogen) atoms. The van der Waals surface area contributed by atoms with E-state index in [4.69, 9.17) is 9.47 Å². The summed E-state index contributed by atoms with van der Waals surface area (Å²) in [6, 6.07) is 7.63. The molecule has 0 bridgehead atoms. The van der Waals surface area contributed by atoms with Gasteiger partial charge in [0, 0.05) is 11.6 Å². The summed E-state index contributed by atoms with van der Waals surface area (Å²) in [4.78, 5) is 0. The lowest BCUT2D eigenvalue weighted by atomic mass is 9.89. The van der Waals surface area contributed by atoms with Crippen molar-refractivity contribution in [2.24, 2.45) is 0 Å². The van der Waals surface area contributed by atoms with E-state index in [9.17, 15) is 5.11 Å². The Morgan fingerprint density at radius 2 is 2.10 bits per heavy atom. The Morgan fingerprint density at radius 1 is 1.29 bits per heavy atom. The maximum atomic E-state index is 10.7. The molecular weight excluding hydrogens is 284 g/mol. The number of methoxy groups -OCH3 is 1. The fraction of sp³-hybridized carbons (Fsp3) is 0.294. The van der Waals surface area contributed by atoms with Crippen molar-refractivity contribution in [3.8, 4) is 11.5 Å². The molecular formula is C17H18O3S. The molecule has 1 aromatic carbocycles. The normalized spacial score (nSPS) is 17.4. The van der Waals surface area contributed by atoms with Gasteiger partial charge in [0.25, 0.3) is 0 Å². The molecule has 1 N–H and O–H groups in total. The molecule has 1 atom stereocenters. The van der Waals surface area contributed by atoms with Crippen molar-refractivity contribution >= 4 is 16.9 Å². The third-order valence-corrected chi connectivity index (χ3v) is 4.23. The monoisotopic (exact) mass is 302 g/mol. The van der Waals surface area contributed by atoms with Gasteiger partial charge in [0.05, 0.1) is 7.11 Å². The maximum Gasteiger partial charge on any atom is 0.131 e. The maximum absolute atomic E-state index is 10.7. The predicted molar refractivity (Wildman–Crippen MR) is 85.0 cm³/mol. The van der Waals surface area contributed by atoms with Crippen LogP contribution in [0.15, 0.2) is 41.1 Å². The highest BCUT2D eigenvalue weighted by Gasteiger charge is 2.30. The molecule has 1 aliphatic heterocycles. The molecule has 0 aliphatic carbocycles. The first-order chi connectivity index (χ1) is 10.00. The smallest absolute Gasteiger partial charge is 0.131 e. The highest BCUT2D eigenvalue weighted by Crippen LogP contribution is 2.43.